The molecule has 0 aliphatic rings. The Bertz CT molecular complexity index is 739. The van der Waals surface area contributed by atoms with Crippen molar-refractivity contribution in [1.82, 2.24) is 4.98 Å². The third-order valence-electron chi connectivity index (χ3n) is 3.07. The molecule has 0 spiro atoms. The molecule has 1 aromatic carbocycles. The van der Waals surface area contributed by atoms with Crippen molar-refractivity contribution < 1.29 is 18.7 Å². The summed E-state index contributed by atoms with van der Waals surface area (Å²) in [5.41, 5.74) is 1.97. The van der Waals surface area contributed by atoms with E-state index >= 15 is 0 Å². The molecular formula is C17H17FN2O3. The number of aromatic nitrogens is 1. The number of rotatable bonds is 4. The topological polar surface area (TPSA) is 68.3 Å². The summed E-state index contributed by atoms with van der Waals surface area (Å²) >= 11 is 0. The lowest BCUT2D eigenvalue weighted by atomic mass is 10.1. The largest absolute Gasteiger partial charge is 0.462 e. The van der Waals surface area contributed by atoms with Crippen LogP contribution in [0.3, 0.4) is 0 Å². The van der Waals surface area contributed by atoms with Gasteiger partial charge in [-0.25, -0.2) is 9.18 Å². The monoisotopic (exact) mass is 316 g/mol. The Morgan fingerprint density at radius 3 is 2.39 bits per heavy atom. The van der Waals surface area contributed by atoms with Crippen molar-refractivity contribution in [2.45, 2.75) is 20.8 Å². The van der Waals surface area contributed by atoms with Gasteiger partial charge in [-0.1, -0.05) is 0 Å². The Morgan fingerprint density at radius 1 is 1.17 bits per heavy atom. The molecule has 2 rings (SSSR count). The van der Waals surface area contributed by atoms with Gasteiger partial charge in [0.05, 0.1) is 12.2 Å². The van der Waals surface area contributed by atoms with E-state index in [0.717, 1.165) is 17.5 Å². The van der Waals surface area contributed by atoms with Crippen LogP contribution >= 0.6 is 0 Å². The van der Waals surface area contributed by atoms with Crippen molar-refractivity contribution in [3.05, 3.63) is 58.7 Å². The predicted molar refractivity (Wildman–Crippen MR) is 84.0 cm³/mol. The van der Waals surface area contributed by atoms with E-state index in [-0.39, 0.29) is 23.8 Å². The van der Waals surface area contributed by atoms with E-state index in [1.807, 2.05) is 0 Å². The highest BCUT2D eigenvalue weighted by molar-refractivity contribution is 6.04. The van der Waals surface area contributed by atoms with Crippen LogP contribution in [0.2, 0.25) is 0 Å². The van der Waals surface area contributed by atoms with Gasteiger partial charge >= 0.3 is 5.97 Å². The van der Waals surface area contributed by atoms with E-state index in [9.17, 15) is 14.0 Å². The van der Waals surface area contributed by atoms with E-state index < -0.39 is 11.8 Å². The summed E-state index contributed by atoms with van der Waals surface area (Å²) in [6.07, 6.45) is 0. The van der Waals surface area contributed by atoms with Gasteiger partial charge in [0, 0.05) is 22.6 Å². The molecule has 0 atom stereocenters. The molecule has 2 aromatic rings. The maximum Gasteiger partial charge on any atom is 0.341 e. The molecule has 1 N–H and O–H groups in total. The lowest BCUT2D eigenvalue weighted by Gasteiger charge is -2.08. The Kier molecular flexibility index (Phi) is 5.05. The van der Waals surface area contributed by atoms with Gasteiger partial charge in [-0.15, -0.1) is 0 Å². The van der Waals surface area contributed by atoms with Crippen molar-refractivity contribution in [3.63, 3.8) is 0 Å². The van der Waals surface area contributed by atoms with Crippen LogP contribution in [0.25, 0.3) is 0 Å². The van der Waals surface area contributed by atoms with Crippen LogP contribution in [0, 0.1) is 19.7 Å². The first-order valence-electron chi connectivity index (χ1n) is 7.14. The number of carbonyl (C=O) groups excluding carboxylic acids is 2. The number of anilines is 1. The van der Waals surface area contributed by atoms with Crippen LogP contribution in [-0.2, 0) is 4.74 Å². The zero-order chi connectivity index (χ0) is 17.0. The van der Waals surface area contributed by atoms with Crippen LogP contribution in [0.15, 0.2) is 30.3 Å². The van der Waals surface area contributed by atoms with Crippen molar-refractivity contribution in [2.24, 2.45) is 0 Å². The third kappa shape index (κ3) is 4.12. The predicted octanol–water partition coefficient (Wildman–Crippen LogP) is 3.27. The second-order valence-corrected chi connectivity index (χ2v) is 5.01. The highest BCUT2D eigenvalue weighted by Gasteiger charge is 2.14. The Hall–Kier alpha value is -2.76. The summed E-state index contributed by atoms with van der Waals surface area (Å²) in [4.78, 5) is 27.9. The minimum atomic E-state index is -0.747. The smallest absolute Gasteiger partial charge is 0.341 e. The molecule has 120 valence electrons. The molecule has 1 aromatic heterocycles. The fraction of sp³-hybridized carbons (Fsp3) is 0.235. The highest BCUT2D eigenvalue weighted by Crippen LogP contribution is 2.17. The fourth-order valence-corrected chi connectivity index (χ4v) is 2.14. The van der Waals surface area contributed by atoms with Gasteiger partial charge < -0.3 is 10.1 Å². The van der Waals surface area contributed by atoms with Gasteiger partial charge in [-0.05, 0) is 51.1 Å². The molecule has 6 heteroatoms. The SMILES string of the molecule is CCOC(=O)c1ccc(NC(=O)c2cc(C)nc(C)c2)cc1F. The molecule has 1 amide bonds. The number of amides is 1. The number of hydrogen-bond donors (Lipinski definition) is 1. The average molecular weight is 316 g/mol. The molecule has 0 aliphatic carbocycles. The summed E-state index contributed by atoms with van der Waals surface area (Å²) in [6.45, 7) is 5.38. The number of nitrogens with one attached hydrogen (secondary N) is 1. The first-order valence-corrected chi connectivity index (χ1v) is 7.14. The zero-order valence-corrected chi connectivity index (χ0v) is 13.1. The number of carbonyl (C=O) groups is 2. The van der Waals surface area contributed by atoms with E-state index in [4.69, 9.17) is 4.74 Å². The van der Waals surface area contributed by atoms with Gasteiger partial charge in [0.25, 0.3) is 5.91 Å². The number of pyridine rings is 1. The normalized spacial score (nSPS) is 10.3. The molecule has 0 saturated carbocycles. The number of halogens is 1. The first-order chi connectivity index (χ1) is 10.9. The average Bonchev–Trinajstić information content (AvgIpc) is 2.46. The molecule has 1 heterocycles. The maximum atomic E-state index is 13.9. The fourth-order valence-electron chi connectivity index (χ4n) is 2.14. The van der Waals surface area contributed by atoms with Gasteiger partial charge in [0.15, 0.2) is 0 Å². The Balaban J connectivity index is 2.18. The maximum absolute atomic E-state index is 13.9. The van der Waals surface area contributed by atoms with E-state index in [2.05, 4.69) is 10.3 Å². The Morgan fingerprint density at radius 2 is 1.83 bits per heavy atom. The molecule has 0 unspecified atom stereocenters. The Labute approximate surface area is 133 Å². The van der Waals surface area contributed by atoms with E-state index in [0.29, 0.717) is 5.56 Å². The van der Waals surface area contributed by atoms with E-state index in [1.54, 1.807) is 32.9 Å². The summed E-state index contributed by atoms with van der Waals surface area (Å²) < 4.78 is 18.7. The minimum Gasteiger partial charge on any atom is -0.462 e. The number of aryl methyl sites for hydroxylation is 2. The molecule has 0 aliphatic heterocycles. The number of benzene rings is 1. The molecule has 0 bridgehead atoms. The van der Waals surface area contributed by atoms with Gasteiger partial charge in [-0.2, -0.15) is 0 Å². The van der Waals surface area contributed by atoms with Crippen LogP contribution in [0.1, 0.15) is 39.0 Å². The van der Waals surface area contributed by atoms with Crippen LogP contribution < -0.4 is 5.32 Å². The van der Waals surface area contributed by atoms with Gasteiger partial charge in [0.1, 0.15) is 5.82 Å². The van der Waals surface area contributed by atoms with Crippen molar-refractivity contribution >= 4 is 17.6 Å². The minimum absolute atomic E-state index is 0.164. The summed E-state index contributed by atoms with van der Waals surface area (Å²) in [5, 5.41) is 2.59. The number of esters is 1. The molecule has 23 heavy (non-hydrogen) atoms. The number of hydrogen-bond acceptors (Lipinski definition) is 4. The number of nitrogens with zero attached hydrogens (tertiary/aromatic N) is 1. The molecular weight excluding hydrogens is 299 g/mol. The highest BCUT2D eigenvalue weighted by atomic mass is 19.1. The molecule has 0 fully saturated rings. The quantitative estimate of drug-likeness (QED) is 0.879. The number of ether oxygens (including phenoxy) is 1. The van der Waals surface area contributed by atoms with Gasteiger partial charge in [0.2, 0.25) is 0 Å². The van der Waals surface area contributed by atoms with E-state index in [1.165, 1.54) is 12.1 Å². The van der Waals surface area contributed by atoms with Gasteiger partial charge in [-0.3, -0.25) is 9.78 Å². The standard InChI is InChI=1S/C17H17FN2O3/c1-4-23-17(22)14-6-5-13(9-15(14)18)20-16(21)12-7-10(2)19-11(3)8-12/h5-9H,4H2,1-3H3,(H,20,21). The van der Waals surface area contributed by atoms with Crippen molar-refractivity contribution in [2.75, 3.05) is 11.9 Å². The molecule has 5 nitrogen and oxygen atoms in total. The second-order valence-electron chi connectivity index (χ2n) is 5.01. The summed E-state index contributed by atoms with van der Waals surface area (Å²) in [6, 6.07) is 7.11. The molecule has 0 saturated heterocycles. The van der Waals surface area contributed by atoms with Crippen LogP contribution in [0.4, 0.5) is 10.1 Å². The summed E-state index contributed by atoms with van der Waals surface area (Å²) in [5.74, 6) is -1.85. The van der Waals surface area contributed by atoms with Crippen LogP contribution in [-0.4, -0.2) is 23.5 Å². The lowest BCUT2D eigenvalue weighted by Crippen LogP contribution is -2.14. The zero-order valence-electron chi connectivity index (χ0n) is 13.1. The van der Waals surface area contributed by atoms with Crippen LogP contribution in [0.5, 0.6) is 0 Å². The lowest BCUT2D eigenvalue weighted by molar-refractivity contribution is 0.0521. The first kappa shape index (κ1) is 16.6. The summed E-state index contributed by atoms with van der Waals surface area (Å²) in [7, 11) is 0. The van der Waals surface area contributed by atoms with Crippen molar-refractivity contribution in [1.29, 1.82) is 0 Å². The van der Waals surface area contributed by atoms with Crippen molar-refractivity contribution in [3.8, 4) is 0 Å². The molecule has 0 radical (unpaired) electrons. The third-order valence-corrected chi connectivity index (χ3v) is 3.07. The second kappa shape index (κ2) is 7.00.